The molecule has 4 heterocycles. The van der Waals surface area contributed by atoms with Crippen molar-refractivity contribution in [1.82, 2.24) is 50.9 Å². The first-order valence-corrected chi connectivity index (χ1v) is 47.5. The number of nitrogens with one attached hydrogen (secondary N) is 4. The number of Topliss-reactive ketones (excluding diaryl/α,β-unsaturated/α-hetero) is 3. The van der Waals surface area contributed by atoms with Crippen LogP contribution in [0, 0.1) is 53.3 Å². The first-order chi connectivity index (χ1) is 60.0. The number of hydrogen-bond donors (Lipinski definition) is 6. The Morgan fingerprint density at radius 3 is 1.14 bits per heavy atom. The second-order valence-electron chi connectivity index (χ2n) is 35.5. The third kappa shape index (κ3) is 35.9. The number of nitrogens with zero attached hydrogens (tertiary/aromatic N) is 6. The fraction of sp³-hybridized carbons (Fsp3) is 0.598. The second kappa shape index (κ2) is 54.2. The summed E-state index contributed by atoms with van der Waals surface area (Å²) in [5, 5.41) is 28.1. The average Bonchev–Trinajstić information content (AvgIpc) is 1.81. The maximum absolute atomic E-state index is 14.2. The molecule has 0 bridgehead atoms. The number of carboxylic acids is 1. The fourth-order valence-electron chi connectivity index (χ4n) is 15.7. The third-order valence-corrected chi connectivity index (χ3v) is 27.1. The van der Waals surface area contributed by atoms with Crippen molar-refractivity contribution in [3.8, 4) is 0 Å². The van der Waals surface area contributed by atoms with Crippen molar-refractivity contribution in [3.63, 3.8) is 0 Å². The predicted molar refractivity (Wildman–Crippen MR) is 499 cm³/mol. The van der Waals surface area contributed by atoms with Crippen LogP contribution in [0.3, 0.4) is 0 Å². The molecule has 6 aromatic rings. The minimum Gasteiger partial charge on any atom is -0.481 e. The van der Waals surface area contributed by atoms with Crippen LogP contribution in [0.2, 0.25) is 0 Å². The van der Waals surface area contributed by atoms with Gasteiger partial charge in [0.25, 0.3) is 17.7 Å². The van der Waals surface area contributed by atoms with Gasteiger partial charge in [-0.2, -0.15) is 0 Å². The van der Waals surface area contributed by atoms with Gasteiger partial charge in [0, 0.05) is 131 Å². The van der Waals surface area contributed by atoms with Crippen LogP contribution in [0.5, 0.6) is 0 Å². The van der Waals surface area contributed by atoms with Crippen molar-refractivity contribution < 1.29 is 76.9 Å². The Bertz CT molecular complexity index is 4470. The highest BCUT2D eigenvalue weighted by Gasteiger charge is 2.40. The van der Waals surface area contributed by atoms with Crippen LogP contribution in [-0.4, -0.2) is 189 Å². The smallest absolute Gasteiger partial charge is 0.306 e. The summed E-state index contributed by atoms with van der Waals surface area (Å²) >= 11 is 3.74. The van der Waals surface area contributed by atoms with Gasteiger partial charge in [0.1, 0.15) is 43.7 Å². The number of aliphatic carboxylic acids is 1. The Hall–Kier alpha value is -9.33. The number of amides is 5. The van der Waals surface area contributed by atoms with Gasteiger partial charge in [0.2, 0.25) is 11.8 Å². The fourth-order valence-corrected chi connectivity index (χ4v) is 18.2. The lowest BCUT2D eigenvalue weighted by Crippen LogP contribution is -2.51. The molecular weight excluding hydrogens is 1670 g/mol. The van der Waals surface area contributed by atoms with E-state index in [9.17, 15) is 62.6 Å². The predicted octanol–water partition coefficient (Wildman–Crippen LogP) is 15.5. The van der Waals surface area contributed by atoms with Crippen molar-refractivity contribution in [3.05, 3.63) is 156 Å². The Balaban J connectivity index is 0.000000345. The number of likely N-dealkylation sites (N-methyl/N-ethyl adjacent to an activating group) is 2. The van der Waals surface area contributed by atoms with E-state index in [2.05, 4.69) is 55.0 Å². The second-order valence-corrected chi connectivity index (χ2v) is 38.2. The lowest BCUT2D eigenvalue weighted by molar-refractivity contribution is -0.150. The van der Waals surface area contributed by atoms with Crippen LogP contribution in [0.15, 0.2) is 107 Å². The summed E-state index contributed by atoms with van der Waals surface area (Å²) in [6.07, 6.45) is 6.65. The summed E-state index contributed by atoms with van der Waals surface area (Å²) in [6, 6.07) is 27.0. The van der Waals surface area contributed by atoms with Crippen molar-refractivity contribution >= 4 is 105 Å². The largest absolute Gasteiger partial charge is 0.481 e. The normalized spacial score (nSPS) is 16.6. The van der Waals surface area contributed by atoms with E-state index in [1.165, 1.54) is 54.8 Å². The molecule has 27 nitrogen and oxygen atoms in total. The van der Waals surface area contributed by atoms with Gasteiger partial charge in [-0.1, -0.05) is 200 Å². The molecule has 17 atom stereocenters. The molecule has 0 saturated carbocycles. The molecular formula is C97H143N11O16S3. The van der Waals surface area contributed by atoms with Crippen molar-refractivity contribution in [2.75, 3.05) is 34.7 Å². The van der Waals surface area contributed by atoms with Gasteiger partial charge < -0.3 is 56.1 Å². The number of piperidine rings is 1. The number of hydrogen-bond acceptors (Lipinski definition) is 24. The molecule has 0 radical (unpaired) electrons. The SMILES string of the molecule is CC[C@H](C)[C@H](CC(=O)[C@H]1CCCCN1C)C(=O)N(C)[C@@H](C[C@H](OC(C)=O)c1nc(C(=O)N[C@@H](Cc2ccccc2)C[C@H](C)C(C)=O)cs1)C(C)C.CC[C@H](C)[C@H](N)C(=O)N(C)[C@@H](C[C@H](OC(C)=O)c1nc(C(=O)N[C@@H](Cc2ccccc2)C[C@H](C)C(C)=O)cs1)C(C)C.CN[C@@H](C[C@H](OC(C)=O)c1nc(C(=O)N[C@@H](Cc2ccccc2)C[C@H](C)C(=O)O)cs1)C(C)C. The Kier molecular flexibility index (Phi) is 46.2. The number of aromatic nitrogens is 3. The number of ketones is 3. The van der Waals surface area contributed by atoms with Gasteiger partial charge in [0.15, 0.2) is 24.1 Å². The van der Waals surface area contributed by atoms with Crippen LogP contribution in [0.25, 0.3) is 0 Å². The van der Waals surface area contributed by atoms with E-state index in [0.29, 0.717) is 72.3 Å². The van der Waals surface area contributed by atoms with Crippen LogP contribution in [0.1, 0.15) is 283 Å². The number of carbonyl (C=O) groups is 12. The molecule has 0 unspecified atom stereocenters. The van der Waals surface area contributed by atoms with Gasteiger partial charge in [0.05, 0.1) is 18.0 Å². The van der Waals surface area contributed by atoms with Gasteiger partial charge in [-0.25, -0.2) is 15.0 Å². The molecule has 0 aliphatic carbocycles. The maximum Gasteiger partial charge on any atom is 0.306 e. The molecule has 1 fully saturated rings. The van der Waals surface area contributed by atoms with Crippen LogP contribution >= 0.6 is 34.0 Å². The molecule has 1 saturated heterocycles. The molecule has 5 amide bonds. The quantitative estimate of drug-likeness (QED) is 0.0153. The molecule has 3 aromatic heterocycles. The van der Waals surface area contributed by atoms with Crippen molar-refractivity contribution in [1.29, 1.82) is 0 Å². The minimum absolute atomic E-state index is 0.000452. The summed E-state index contributed by atoms with van der Waals surface area (Å²) in [7, 11) is 7.36. The van der Waals surface area contributed by atoms with Gasteiger partial charge in [-0.15, -0.1) is 34.0 Å². The first kappa shape index (κ1) is 108. The van der Waals surface area contributed by atoms with Gasteiger partial charge >= 0.3 is 23.9 Å². The molecule has 30 heteroatoms. The summed E-state index contributed by atoms with van der Waals surface area (Å²) in [6.45, 7) is 33.6. The average molecular weight is 1820 g/mol. The van der Waals surface area contributed by atoms with E-state index >= 15 is 0 Å². The van der Waals surface area contributed by atoms with E-state index in [4.69, 9.17) is 19.9 Å². The van der Waals surface area contributed by atoms with E-state index < -0.39 is 60.1 Å². The summed E-state index contributed by atoms with van der Waals surface area (Å²) in [5.74, 6) is -4.47. The lowest BCUT2D eigenvalue weighted by atomic mass is 9.83. The number of rotatable bonds is 48. The molecule has 700 valence electrons. The Morgan fingerprint density at radius 2 is 0.835 bits per heavy atom. The van der Waals surface area contributed by atoms with E-state index in [0.717, 1.165) is 55.3 Å². The standard InChI is InChI=1S/C40H60N4O6S.C32H48N4O5S.C25H35N3O5S/c1-10-26(4)32(22-36(47)34-18-14-15-19-43(34)8)40(49)44(9)35(25(2)3)23-37(50-29(7)46)39-42-33(24-51-39)38(48)41-31(20-27(5)28(6)45)21-30-16-12-11-13-17-30;1-9-20(4)29(33)32(40)36(8)27(19(2)3)17-28(41-23(7)38)31-35-26(18-42-31)30(39)34-25(15-21(5)22(6)37)16-24-13-11-10-12-14-24;1-15(2)20(26-5)13-22(33-17(4)29)24-28-21(14-34-24)23(30)27-19(11-16(3)25(31)32)12-18-9-7-6-8-10-18/h11-13,16-17,24-27,31-32,34-35,37H,10,14-15,18-23H2,1-9H3,(H,41,48);10-14,18-21,25,27-29H,9,15-17,33H2,1-8H3,(H,34,39);6-10,14-16,19-20,22,26H,11-13H2,1-5H3,(H,27,30)(H,31,32)/t26-,27-,31+,32-,34+,35-,37-;20-,21-,25+,27-,28-,29-;16-,19+,20-,22-/m000/s1. The summed E-state index contributed by atoms with van der Waals surface area (Å²) in [5.41, 5.74) is 10.0. The molecule has 7 rings (SSSR count). The zero-order chi connectivity index (χ0) is 94.6. The number of carbonyl (C=O) groups excluding carboxylic acids is 11. The molecule has 3 aromatic carbocycles. The molecule has 7 N–H and O–H groups in total. The number of ether oxygens (including phenoxy) is 3. The summed E-state index contributed by atoms with van der Waals surface area (Å²) in [4.78, 5) is 172. The van der Waals surface area contributed by atoms with Gasteiger partial charge in [-0.05, 0) is 132 Å². The molecule has 0 spiro atoms. The molecule has 1 aliphatic heterocycles. The minimum atomic E-state index is -0.906. The molecule has 127 heavy (non-hydrogen) atoms. The van der Waals surface area contributed by atoms with Crippen LogP contribution in [-0.2, 0) is 76.6 Å². The number of thiazole rings is 3. The van der Waals surface area contributed by atoms with Crippen molar-refractivity contribution in [2.24, 2.45) is 59.0 Å². The number of benzene rings is 3. The number of likely N-dealkylation sites (tertiary alicyclic amines) is 1. The topological polar surface area (TPSA) is 375 Å². The number of nitrogens with two attached hydrogens (primary N) is 1. The number of carboxylic acid groups (broad SMARTS) is 1. The van der Waals surface area contributed by atoms with Gasteiger partial charge in [-0.3, -0.25) is 62.4 Å². The van der Waals surface area contributed by atoms with E-state index in [-0.39, 0.29) is 155 Å². The highest BCUT2D eigenvalue weighted by atomic mass is 32.1. The van der Waals surface area contributed by atoms with Crippen LogP contribution in [0.4, 0.5) is 0 Å². The van der Waals surface area contributed by atoms with E-state index in [1.807, 2.05) is 174 Å². The monoisotopic (exact) mass is 1810 g/mol. The first-order valence-electron chi connectivity index (χ1n) is 44.8. The maximum atomic E-state index is 14.2. The highest BCUT2D eigenvalue weighted by molar-refractivity contribution is 7.10. The third-order valence-electron chi connectivity index (χ3n) is 24.3. The Labute approximate surface area is 765 Å². The zero-order valence-electron chi connectivity index (χ0n) is 78.8. The van der Waals surface area contributed by atoms with Crippen LogP contribution < -0.4 is 27.0 Å². The highest BCUT2D eigenvalue weighted by Crippen LogP contribution is 2.36. The zero-order valence-corrected chi connectivity index (χ0v) is 81.3. The molecule has 1 aliphatic rings. The lowest BCUT2D eigenvalue weighted by Gasteiger charge is -2.37. The Morgan fingerprint density at radius 1 is 0.488 bits per heavy atom. The number of esters is 3. The van der Waals surface area contributed by atoms with Crippen molar-refractivity contribution in [2.45, 2.75) is 288 Å². The summed E-state index contributed by atoms with van der Waals surface area (Å²) < 4.78 is 17.0. The van der Waals surface area contributed by atoms with E-state index in [1.54, 1.807) is 60.8 Å².